The zero-order chi connectivity index (χ0) is 33.9. The molecule has 0 spiro atoms. The normalized spacial score (nSPS) is 12.2. The average Bonchev–Trinajstić information content (AvgIpc) is 3.95. The van der Waals surface area contributed by atoms with Gasteiger partial charge in [0.2, 0.25) is 0 Å². The van der Waals surface area contributed by atoms with Crippen molar-refractivity contribution in [2.75, 3.05) is 0 Å². The van der Waals surface area contributed by atoms with Crippen molar-refractivity contribution in [3.63, 3.8) is 0 Å². The number of pyridine rings is 2. The van der Waals surface area contributed by atoms with Crippen LogP contribution < -0.4 is 0 Å². The molecular weight excluding hydrogens is 659 g/mol. The Labute approximate surface area is 299 Å². The number of hydrogen-bond donors (Lipinski definition) is 0. The lowest BCUT2D eigenvalue weighted by Crippen LogP contribution is -1.96. The van der Waals surface area contributed by atoms with E-state index in [0.29, 0.717) is 0 Å². The smallest absolute Gasteiger partial charge is 0.138 e. The molecule has 5 nitrogen and oxygen atoms in total. The van der Waals surface area contributed by atoms with Crippen molar-refractivity contribution in [2.45, 2.75) is 0 Å². The minimum Gasteiger partial charge on any atom is -0.456 e. The number of para-hydroxylation sites is 2. The maximum Gasteiger partial charge on any atom is 0.138 e. The molecule has 0 fully saturated rings. The first kappa shape index (κ1) is 28.0. The summed E-state index contributed by atoms with van der Waals surface area (Å²) in [5.41, 5.74) is 10.2. The predicted molar refractivity (Wildman–Crippen MR) is 215 cm³/mol. The number of nitrogens with zero attached hydrogens (tertiary/aromatic N) is 3. The highest BCUT2D eigenvalue weighted by molar-refractivity contribution is 7.25. The predicted octanol–water partition coefficient (Wildman–Crippen LogP) is 13.1. The van der Waals surface area contributed by atoms with Gasteiger partial charge in [0, 0.05) is 66.4 Å². The molecule has 6 aromatic heterocycles. The van der Waals surface area contributed by atoms with Gasteiger partial charge in [0.05, 0.1) is 15.7 Å². The van der Waals surface area contributed by atoms with Crippen LogP contribution in [0.4, 0.5) is 0 Å². The van der Waals surface area contributed by atoms with E-state index in [1.165, 1.54) is 10.1 Å². The Morgan fingerprint density at radius 2 is 0.981 bits per heavy atom. The standard InChI is InChI=1S/C46H25N3O2S/c1-3-7-40-30(5-1)32-13-9-28(21-42(32)50-40)26-11-15-38-34(19-26)35-20-27(29-10-14-33-31-6-2-4-8-41(31)51-43(33)22-29)12-16-39(35)49(38)46-23-36-37-24-47-18-17-44(37)52-45(36)25-48-46/h1-25H. The molecule has 0 N–H and O–H groups in total. The van der Waals surface area contributed by atoms with Crippen molar-refractivity contribution >= 4 is 97.2 Å². The third-order valence-electron chi connectivity index (χ3n) is 10.6. The summed E-state index contributed by atoms with van der Waals surface area (Å²) < 4.78 is 17.2. The van der Waals surface area contributed by atoms with E-state index in [-0.39, 0.29) is 0 Å². The maximum absolute atomic E-state index is 6.28. The summed E-state index contributed by atoms with van der Waals surface area (Å²) in [6.45, 7) is 0. The molecule has 12 rings (SSSR count). The van der Waals surface area contributed by atoms with E-state index in [4.69, 9.17) is 13.8 Å². The van der Waals surface area contributed by atoms with Gasteiger partial charge in [0.25, 0.3) is 0 Å². The largest absolute Gasteiger partial charge is 0.456 e. The van der Waals surface area contributed by atoms with Crippen molar-refractivity contribution in [3.05, 3.63) is 152 Å². The van der Waals surface area contributed by atoms with E-state index in [0.717, 1.165) is 104 Å². The average molecular weight is 684 g/mol. The molecular formula is C46H25N3O2S. The molecule has 6 heterocycles. The monoisotopic (exact) mass is 683 g/mol. The quantitative estimate of drug-likeness (QED) is 0.186. The van der Waals surface area contributed by atoms with Crippen LogP contribution in [0.2, 0.25) is 0 Å². The molecule has 6 heteroatoms. The van der Waals surface area contributed by atoms with Gasteiger partial charge >= 0.3 is 0 Å². The number of hydrogen-bond acceptors (Lipinski definition) is 5. The number of benzene rings is 6. The number of thiophene rings is 1. The van der Waals surface area contributed by atoms with Gasteiger partial charge in [-0.1, -0.05) is 60.7 Å². The highest BCUT2D eigenvalue weighted by Gasteiger charge is 2.18. The minimum absolute atomic E-state index is 0.879. The van der Waals surface area contributed by atoms with Crippen molar-refractivity contribution < 1.29 is 8.83 Å². The fourth-order valence-corrected chi connectivity index (χ4v) is 9.10. The molecule has 0 aliphatic heterocycles. The third kappa shape index (κ3) is 3.98. The second kappa shape index (κ2) is 10.4. The summed E-state index contributed by atoms with van der Waals surface area (Å²) in [6, 6.07) is 47.3. The van der Waals surface area contributed by atoms with Crippen molar-refractivity contribution in [2.24, 2.45) is 0 Å². The number of fused-ring (bicyclic) bond motifs is 12. The number of aromatic nitrogens is 3. The summed E-state index contributed by atoms with van der Waals surface area (Å²) in [6.07, 6.45) is 5.81. The van der Waals surface area contributed by atoms with Gasteiger partial charge in [-0.05, 0) is 95.1 Å². The fraction of sp³-hybridized carbons (Fsp3) is 0. The van der Waals surface area contributed by atoms with Crippen LogP contribution in [-0.4, -0.2) is 14.5 Å². The number of furan rings is 2. The summed E-state index contributed by atoms with van der Waals surface area (Å²) >= 11 is 1.75. The van der Waals surface area contributed by atoms with Gasteiger partial charge in [-0.3, -0.25) is 9.55 Å². The van der Waals surface area contributed by atoms with E-state index in [1.54, 1.807) is 11.3 Å². The lowest BCUT2D eigenvalue weighted by atomic mass is 9.99. The molecule has 0 saturated heterocycles. The topological polar surface area (TPSA) is 57.0 Å². The van der Waals surface area contributed by atoms with Crippen molar-refractivity contribution in [1.29, 1.82) is 0 Å². The van der Waals surface area contributed by atoms with Gasteiger partial charge in [0.1, 0.15) is 28.1 Å². The Morgan fingerprint density at radius 3 is 1.62 bits per heavy atom. The van der Waals surface area contributed by atoms with Crippen LogP contribution in [0.1, 0.15) is 0 Å². The van der Waals surface area contributed by atoms with Crippen LogP contribution in [-0.2, 0) is 0 Å². The van der Waals surface area contributed by atoms with Gasteiger partial charge in [-0.25, -0.2) is 4.98 Å². The first-order valence-corrected chi connectivity index (χ1v) is 18.1. The SMILES string of the molecule is c1ccc2c(c1)oc1cc(-c3ccc4c(c3)c3cc(-c5ccc6c(c5)oc5ccccc56)ccc3n4-c3cc4c(cn3)sc3ccncc34)ccc12. The van der Waals surface area contributed by atoms with Gasteiger partial charge in [-0.15, -0.1) is 11.3 Å². The molecule has 52 heavy (non-hydrogen) atoms. The Balaban J connectivity index is 1.09. The van der Waals surface area contributed by atoms with Crippen LogP contribution in [0.5, 0.6) is 0 Å². The minimum atomic E-state index is 0.879. The third-order valence-corrected chi connectivity index (χ3v) is 11.7. The van der Waals surface area contributed by atoms with E-state index < -0.39 is 0 Å². The Hall–Kier alpha value is -6.76. The zero-order valence-electron chi connectivity index (χ0n) is 27.5. The van der Waals surface area contributed by atoms with Crippen LogP contribution in [0.25, 0.3) is 114 Å². The van der Waals surface area contributed by atoms with Gasteiger partial charge in [0.15, 0.2) is 0 Å². The Kier molecular flexibility index (Phi) is 5.59. The highest BCUT2D eigenvalue weighted by atomic mass is 32.1. The van der Waals surface area contributed by atoms with Crippen LogP contribution in [0, 0.1) is 0 Å². The van der Waals surface area contributed by atoms with Crippen LogP contribution in [0.15, 0.2) is 161 Å². The molecule has 242 valence electrons. The van der Waals surface area contributed by atoms with Crippen LogP contribution >= 0.6 is 11.3 Å². The highest BCUT2D eigenvalue weighted by Crippen LogP contribution is 2.41. The van der Waals surface area contributed by atoms with Gasteiger partial charge < -0.3 is 8.83 Å². The molecule has 0 radical (unpaired) electrons. The summed E-state index contributed by atoms with van der Waals surface area (Å²) in [4.78, 5) is 9.48. The fourth-order valence-electron chi connectivity index (χ4n) is 8.08. The Morgan fingerprint density at radius 1 is 0.423 bits per heavy atom. The van der Waals surface area contributed by atoms with E-state index in [2.05, 4.69) is 119 Å². The first-order valence-electron chi connectivity index (χ1n) is 17.3. The van der Waals surface area contributed by atoms with Crippen molar-refractivity contribution in [3.8, 4) is 28.1 Å². The molecule has 0 amide bonds. The summed E-state index contributed by atoms with van der Waals surface area (Å²) in [7, 11) is 0. The van der Waals surface area contributed by atoms with Gasteiger partial charge in [-0.2, -0.15) is 0 Å². The molecule has 0 saturated carbocycles. The van der Waals surface area contributed by atoms with E-state index in [1.807, 2.05) is 42.9 Å². The lowest BCUT2D eigenvalue weighted by molar-refractivity contribution is 0.668. The summed E-state index contributed by atoms with van der Waals surface area (Å²) in [5.74, 6) is 0.879. The molecule has 0 unspecified atom stereocenters. The second-order valence-electron chi connectivity index (χ2n) is 13.4. The molecule has 0 aliphatic carbocycles. The first-order chi connectivity index (χ1) is 25.7. The number of rotatable bonds is 3. The van der Waals surface area contributed by atoms with E-state index >= 15 is 0 Å². The molecule has 0 aliphatic rings. The zero-order valence-corrected chi connectivity index (χ0v) is 28.3. The lowest BCUT2D eigenvalue weighted by Gasteiger charge is -2.08. The molecule has 12 aromatic rings. The molecule has 6 aromatic carbocycles. The van der Waals surface area contributed by atoms with Crippen LogP contribution in [0.3, 0.4) is 0 Å². The molecule has 0 atom stereocenters. The Bertz CT molecular complexity index is 3260. The maximum atomic E-state index is 6.28. The summed E-state index contributed by atoms with van der Waals surface area (Å²) in [5, 5.41) is 9.15. The molecule has 0 bridgehead atoms. The second-order valence-corrected chi connectivity index (χ2v) is 14.5. The van der Waals surface area contributed by atoms with E-state index in [9.17, 15) is 0 Å². The van der Waals surface area contributed by atoms with Crippen molar-refractivity contribution in [1.82, 2.24) is 14.5 Å².